The minimum absolute atomic E-state index is 0.0315. The predicted octanol–water partition coefficient (Wildman–Crippen LogP) is 1.32. The van der Waals surface area contributed by atoms with Crippen LogP contribution >= 0.6 is 0 Å². The van der Waals surface area contributed by atoms with E-state index in [-0.39, 0.29) is 12.1 Å². The van der Waals surface area contributed by atoms with Gasteiger partial charge in [0.05, 0.1) is 0 Å². The fourth-order valence-corrected chi connectivity index (χ4v) is 2.88. The van der Waals surface area contributed by atoms with Gasteiger partial charge in [0, 0.05) is 33.2 Å². The minimum atomic E-state index is -0.868. The van der Waals surface area contributed by atoms with Crippen LogP contribution in [0.4, 0.5) is 4.79 Å². The Morgan fingerprint density at radius 3 is 2.10 bits per heavy atom. The number of nitrogens with zero attached hydrogens (tertiary/aromatic N) is 3. The van der Waals surface area contributed by atoms with Crippen molar-refractivity contribution in [1.29, 1.82) is 0 Å². The molecule has 1 rings (SSSR count). The molecule has 1 fully saturated rings. The van der Waals surface area contributed by atoms with Crippen molar-refractivity contribution in [1.82, 2.24) is 14.7 Å². The molecule has 1 aliphatic rings. The van der Waals surface area contributed by atoms with Crippen molar-refractivity contribution in [3.8, 4) is 0 Å². The summed E-state index contributed by atoms with van der Waals surface area (Å²) in [4.78, 5) is 28.8. The highest BCUT2D eigenvalue weighted by molar-refractivity contribution is 5.77. The Bertz CT molecular complexity index is 361. The van der Waals surface area contributed by atoms with E-state index < -0.39 is 11.5 Å². The summed E-state index contributed by atoms with van der Waals surface area (Å²) in [5.41, 5.74) is -0.868. The van der Waals surface area contributed by atoms with E-state index in [1.807, 2.05) is 16.7 Å². The zero-order valence-corrected chi connectivity index (χ0v) is 13.2. The van der Waals surface area contributed by atoms with Crippen molar-refractivity contribution >= 4 is 12.0 Å². The summed E-state index contributed by atoms with van der Waals surface area (Å²) in [5, 5.41) is 9.37. The maximum atomic E-state index is 11.9. The summed E-state index contributed by atoms with van der Waals surface area (Å²) >= 11 is 0. The number of amides is 2. The Morgan fingerprint density at radius 2 is 1.75 bits per heavy atom. The average molecular weight is 285 g/mol. The molecule has 0 unspecified atom stereocenters. The van der Waals surface area contributed by atoms with Crippen molar-refractivity contribution in [3.05, 3.63) is 0 Å². The largest absolute Gasteiger partial charge is 0.480 e. The van der Waals surface area contributed by atoms with Crippen LogP contribution in [0.3, 0.4) is 0 Å². The van der Waals surface area contributed by atoms with Crippen LogP contribution in [0, 0.1) is 0 Å². The highest BCUT2D eigenvalue weighted by Gasteiger charge is 2.39. The fourth-order valence-electron chi connectivity index (χ4n) is 2.88. The number of carbonyl (C=O) groups excluding carboxylic acids is 1. The van der Waals surface area contributed by atoms with Gasteiger partial charge in [0.25, 0.3) is 0 Å². The number of aliphatic carboxylic acids is 1. The second-order valence-electron chi connectivity index (χ2n) is 6.05. The van der Waals surface area contributed by atoms with Crippen LogP contribution in [0.2, 0.25) is 0 Å². The fraction of sp³-hybridized carbons (Fsp3) is 0.857. The van der Waals surface area contributed by atoms with Gasteiger partial charge in [0.1, 0.15) is 5.54 Å². The van der Waals surface area contributed by atoms with Gasteiger partial charge in [-0.3, -0.25) is 9.69 Å². The van der Waals surface area contributed by atoms with Crippen molar-refractivity contribution in [2.24, 2.45) is 0 Å². The third kappa shape index (κ3) is 3.42. The lowest BCUT2D eigenvalue weighted by molar-refractivity contribution is -0.151. The highest BCUT2D eigenvalue weighted by Crippen LogP contribution is 2.25. The van der Waals surface area contributed by atoms with E-state index in [2.05, 4.69) is 0 Å². The number of hydrogen-bond acceptors (Lipinski definition) is 3. The Balaban J connectivity index is 2.68. The summed E-state index contributed by atoms with van der Waals surface area (Å²) in [6.07, 6.45) is 1.65. The Labute approximate surface area is 121 Å². The second-order valence-corrected chi connectivity index (χ2v) is 6.05. The summed E-state index contributed by atoms with van der Waals surface area (Å²) in [7, 11) is 3.50. The first-order valence-corrected chi connectivity index (χ1v) is 7.18. The molecule has 1 aliphatic heterocycles. The molecule has 0 saturated carbocycles. The molecule has 0 aromatic rings. The van der Waals surface area contributed by atoms with Gasteiger partial charge in [-0.25, -0.2) is 4.79 Å². The average Bonchev–Trinajstić information content (AvgIpc) is 2.39. The minimum Gasteiger partial charge on any atom is -0.480 e. The van der Waals surface area contributed by atoms with Gasteiger partial charge in [0.15, 0.2) is 0 Å². The SMILES string of the molecule is CCN(C1CCN(C(=O)N(C)C)CC1)C(C)(C)C(=O)O. The third-order valence-electron chi connectivity index (χ3n) is 4.14. The van der Waals surface area contributed by atoms with Crippen molar-refractivity contribution in [2.45, 2.75) is 45.2 Å². The van der Waals surface area contributed by atoms with Gasteiger partial charge >= 0.3 is 12.0 Å². The van der Waals surface area contributed by atoms with E-state index >= 15 is 0 Å². The van der Waals surface area contributed by atoms with Crippen LogP contribution in [0.1, 0.15) is 33.6 Å². The quantitative estimate of drug-likeness (QED) is 0.846. The van der Waals surface area contributed by atoms with Gasteiger partial charge in [0.2, 0.25) is 0 Å². The van der Waals surface area contributed by atoms with Gasteiger partial charge in [-0.2, -0.15) is 0 Å². The molecule has 0 spiro atoms. The van der Waals surface area contributed by atoms with Gasteiger partial charge in [-0.05, 0) is 33.2 Å². The summed E-state index contributed by atoms with van der Waals surface area (Å²) in [6.45, 7) is 7.56. The number of urea groups is 1. The smallest absolute Gasteiger partial charge is 0.323 e. The lowest BCUT2D eigenvalue weighted by atomic mass is 9.95. The Hall–Kier alpha value is -1.30. The van der Waals surface area contributed by atoms with Crippen LogP contribution in [0.25, 0.3) is 0 Å². The van der Waals surface area contributed by atoms with Gasteiger partial charge < -0.3 is 14.9 Å². The first-order valence-electron chi connectivity index (χ1n) is 7.18. The molecule has 6 nitrogen and oxygen atoms in total. The summed E-state index contributed by atoms with van der Waals surface area (Å²) < 4.78 is 0. The predicted molar refractivity (Wildman–Crippen MR) is 77.8 cm³/mol. The summed E-state index contributed by atoms with van der Waals surface area (Å²) in [6, 6.07) is 0.251. The van der Waals surface area contributed by atoms with Crippen LogP contribution < -0.4 is 0 Å². The monoisotopic (exact) mass is 285 g/mol. The Kier molecular flexibility index (Phi) is 5.39. The molecule has 0 radical (unpaired) electrons. The standard InChI is InChI=1S/C14H27N3O3/c1-6-17(14(2,3)12(18)19)11-7-9-16(10-8-11)13(20)15(4)5/h11H,6-10H2,1-5H3,(H,18,19). The number of hydrogen-bond donors (Lipinski definition) is 1. The normalized spacial score (nSPS) is 17.4. The summed E-state index contributed by atoms with van der Waals surface area (Å²) in [5.74, 6) is -0.800. The van der Waals surface area contributed by atoms with E-state index in [1.165, 1.54) is 0 Å². The number of carbonyl (C=O) groups is 2. The lowest BCUT2D eigenvalue weighted by Crippen LogP contribution is -2.58. The molecule has 6 heteroatoms. The molecule has 116 valence electrons. The number of likely N-dealkylation sites (tertiary alicyclic amines) is 1. The highest BCUT2D eigenvalue weighted by atomic mass is 16.4. The Morgan fingerprint density at radius 1 is 1.25 bits per heavy atom. The zero-order valence-electron chi connectivity index (χ0n) is 13.2. The number of piperidine rings is 1. The molecule has 0 atom stereocenters. The first kappa shape index (κ1) is 16.8. The van der Waals surface area contributed by atoms with Crippen molar-refractivity contribution in [2.75, 3.05) is 33.7 Å². The van der Waals surface area contributed by atoms with Crippen molar-refractivity contribution in [3.63, 3.8) is 0 Å². The maximum Gasteiger partial charge on any atom is 0.323 e. The zero-order chi connectivity index (χ0) is 15.5. The van der Waals surface area contributed by atoms with E-state index in [9.17, 15) is 14.7 Å². The van der Waals surface area contributed by atoms with E-state index in [0.717, 1.165) is 12.8 Å². The number of rotatable bonds is 4. The maximum absolute atomic E-state index is 11.9. The van der Waals surface area contributed by atoms with Crippen LogP contribution in [-0.4, -0.2) is 77.1 Å². The number of carboxylic acids is 1. The first-order chi connectivity index (χ1) is 9.21. The topological polar surface area (TPSA) is 64.1 Å². The van der Waals surface area contributed by atoms with Gasteiger partial charge in [-0.15, -0.1) is 0 Å². The second kappa shape index (κ2) is 6.43. The molecule has 20 heavy (non-hydrogen) atoms. The van der Waals surface area contributed by atoms with E-state index in [1.54, 1.807) is 32.8 Å². The molecule has 0 aromatic carbocycles. The molecule has 1 heterocycles. The third-order valence-corrected chi connectivity index (χ3v) is 4.14. The molecule has 2 amide bonds. The molecular weight excluding hydrogens is 258 g/mol. The van der Waals surface area contributed by atoms with E-state index in [4.69, 9.17) is 0 Å². The molecular formula is C14H27N3O3. The van der Waals surface area contributed by atoms with Crippen LogP contribution in [0.5, 0.6) is 0 Å². The molecule has 1 saturated heterocycles. The lowest BCUT2D eigenvalue weighted by Gasteiger charge is -2.44. The molecule has 0 aliphatic carbocycles. The molecule has 0 bridgehead atoms. The van der Waals surface area contributed by atoms with E-state index in [0.29, 0.717) is 19.6 Å². The number of carboxylic acid groups (broad SMARTS) is 1. The van der Waals surface area contributed by atoms with Crippen LogP contribution in [-0.2, 0) is 4.79 Å². The molecule has 0 aromatic heterocycles. The molecule has 1 N–H and O–H groups in total. The number of likely N-dealkylation sites (N-methyl/N-ethyl adjacent to an activating group) is 1. The van der Waals surface area contributed by atoms with Crippen LogP contribution in [0.15, 0.2) is 0 Å². The van der Waals surface area contributed by atoms with Gasteiger partial charge in [-0.1, -0.05) is 6.92 Å². The van der Waals surface area contributed by atoms with Crippen molar-refractivity contribution < 1.29 is 14.7 Å².